The van der Waals surface area contributed by atoms with E-state index in [1.807, 2.05) is 20.8 Å². The maximum atomic E-state index is 12.0. The van der Waals surface area contributed by atoms with Crippen LogP contribution in [0.2, 0.25) is 0 Å². The zero-order valence-electron chi connectivity index (χ0n) is 12.5. The molecule has 1 aromatic heterocycles. The molecule has 1 aliphatic rings. The molecule has 1 amide bonds. The third kappa shape index (κ3) is 4.21. The smallest absolute Gasteiger partial charge is 0.410 e. The predicted molar refractivity (Wildman–Crippen MR) is 81.9 cm³/mol. The van der Waals surface area contributed by atoms with E-state index < -0.39 is 5.60 Å². The van der Waals surface area contributed by atoms with Gasteiger partial charge in [-0.1, -0.05) is 0 Å². The topological polar surface area (TPSA) is 55.6 Å². The molecular weight excluding hydrogens is 272 g/mol. The van der Waals surface area contributed by atoms with Crippen LogP contribution in [0.15, 0.2) is 16.8 Å². The predicted octanol–water partition coefficient (Wildman–Crippen LogP) is 2.87. The molecule has 2 rings (SSSR count). The highest BCUT2D eigenvalue weighted by Crippen LogP contribution is 2.23. The third-order valence-electron chi connectivity index (χ3n) is 3.53. The Kier molecular flexibility index (Phi) is 4.70. The normalized spacial score (nSPS) is 21.0. The van der Waals surface area contributed by atoms with Crippen molar-refractivity contribution in [3.63, 3.8) is 0 Å². The first-order valence-corrected chi connectivity index (χ1v) is 8.04. The summed E-state index contributed by atoms with van der Waals surface area (Å²) in [5.41, 5.74) is 7.14. The van der Waals surface area contributed by atoms with Crippen LogP contribution in [0.5, 0.6) is 0 Å². The number of likely N-dealkylation sites (tertiary alicyclic amines) is 1. The summed E-state index contributed by atoms with van der Waals surface area (Å²) < 4.78 is 5.40. The second-order valence-electron chi connectivity index (χ2n) is 6.47. The Morgan fingerprint density at radius 3 is 2.95 bits per heavy atom. The fraction of sp³-hybridized carbons (Fsp3) is 0.667. The quantitative estimate of drug-likeness (QED) is 0.933. The first kappa shape index (κ1) is 15.3. The summed E-state index contributed by atoms with van der Waals surface area (Å²) in [5, 5.41) is 4.21. The maximum absolute atomic E-state index is 12.0. The van der Waals surface area contributed by atoms with Crippen LogP contribution in [0.4, 0.5) is 4.79 Å². The van der Waals surface area contributed by atoms with Gasteiger partial charge >= 0.3 is 6.09 Å². The van der Waals surface area contributed by atoms with Gasteiger partial charge in [-0.3, -0.25) is 0 Å². The average molecular weight is 296 g/mol. The van der Waals surface area contributed by atoms with Crippen molar-refractivity contribution in [2.45, 2.75) is 45.3 Å². The fourth-order valence-electron chi connectivity index (χ4n) is 2.48. The molecule has 20 heavy (non-hydrogen) atoms. The molecule has 0 saturated carbocycles. The van der Waals surface area contributed by atoms with Gasteiger partial charge in [0.25, 0.3) is 0 Å². The maximum Gasteiger partial charge on any atom is 0.410 e. The summed E-state index contributed by atoms with van der Waals surface area (Å²) in [7, 11) is 0. The largest absolute Gasteiger partial charge is 0.444 e. The molecule has 1 aliphatic heterocycles. The van der Waals surface area contributed by atoms with Gasteiger partial charge in [0.15, 0.2) is 0 Å². The van der Waals surface area contributed by atoms with E-state index in [-0.39, 0.29) is 12.1 Å². The van der Waals surface area contributed by atoms with Crippen LogP contribution in [0.1, 0.15) is 32.8 Å². The summed E-state index contributed by atoms with van der Waals surface area (Å²) in [6.45, 7) is 7.12. The minimum atomic E-state index is -0.437. The van der Waals surface area contributed by atoms with Crippen molar-refractivity contribution in [1.29, 1.82) is 0 Å². The Morgan fingerprint density at radius 1 is 1.60 bits per heavy atom. The highest BCUT2D eigenvalue weighted by atomic mass is 32.1. The SMILES string of the molecule is CC(C)(C)OC(=O)N1CCC(C(N)Cc2ccsc2)C1. The van der Waals surface area contributed by atoms with Gasteiger partial charge in [-0.15, -0.1) is 0 Å². The molecule has 0 aliphatic carbocycles. The zero-order chi connectivity index (χ0) is 14.8. The van der Waals surface area contributed by atoms with Gasteiger partial charge in [0.2, 0.25) is 0 Å². The first-order chi connectivity index (χ1) is 9.35. The van der Waals surface area contributed by atoms with Crippen LogP contribution >= 0.6 is 11.3 Å². The van der Waals surface area contributed by atoms with Crippen molar-refractivity contribution in [2.75, 3.05) is 13.1 Å². The van der Waals surface area contributed by atoms with Gasteiger partial charge in [-0.05, 0) is 61.9 Å². The molecule has 1 saturated heterocycles. The van der Waals surface area contributed by atoms with E-state index in [1.165, 1.54) is 5.56 Å². The molecule has 2 unspecified atom stereocenters. The molecule has 2 N–H and O–H groups in total. The highest BCUT2D eigenvalue weighted by Gasteiger charge is 2.32. The Balaban J connectivity index is 1.84. The van der Waals surface area contributed by atoms with E-state index in [2.05, 4.69) is 16.8 Å². The van der Waals surface area contributed by atoms with E-state index in [0.717, 1.165) is 19.4 Å². The van der Waals surface area contributed by atoms with Crippen molar-refractivity contribution in [3.05, 3.63) is 22.4 Å². The Bertz CT molecular complexity index is 439. The van der Waals surface area contributed by atoms with E-state index in [9.17, 15) is 4.79 Å². The number of nitrogens with two attached hydrogens (primary N) is 1. The van der Waals surface area contributed by atoms with E-state index in [4.69, 9.17) is 10.5 Å². The monoisotopic (exact) mass is 296 g/mol. The number of hydrogen-bond donors (Lipinski definition) is 1. The lowest BCUT2D eigenvalue weighted by Gasteiger charge is -2.25. The van der Waals surface area contributed by atoms with Crippen molar-refractivity contribution < 1.29 is 9.53 Å². The van der Waals surface area contributed by atoms with E-state index in [1.54, 1.807) is 16.2 Å². The zero-order valence-corrected chi connectivity index (χ0v) is 13.3. The number of ether oxygens (including phenoxy) is 1. The second kappa shape index (κ2) is 6.14. The number of carbonyl (C=O) groups excluding carboxylic acids is 1. The lowest BCUT2D eigenvalue weighted by molar-refractivity contribution is 0.0286. The molecule has 0 aromatic carbocycles. The number of thiophene rings is 1. The average Bonchev–Trinajstić information content (AvgIpc) is 2.96. The molecule has 2 atom stereocenters. The highest BCUT2D eigenvalue weighted by molar-refractivity contribution is 7.07. The third-order valence-corrected chi connectivity index (χ3v) is 4.27. The molecule has 5 heteroatoms. The standard InChI is InChI=1S/C15H24N2O2S/c1-15(2,3)19-14(18)17-6-4-12(9-17)13(16)8-11-5-7-20-10-11/h5,7,10,12-13H,4,6,8-9,16H2,1-3H3. The number of rotatable bonds is 3. The van der Waals surface area contributed by atoms with E-state index in [0.29, 0.717) is 12.5 Å². The van der Waals surface area contributed by atoms with Crippen molar-refractivity contribution in [1.82, 2.24) is 4.90 Å². The molecule has 2 heterocycles. The van der Waals surface area contributed by atoms with Gasteiger partial charge in [0.1, 0.15) is 5.60 Å². The van der Waals surface area contributed by atoms with Gasteiger partial charge in [-0.2, -0.15) is 11.3 Å². The summed E-state index contributed by atoms with van der Waals surface area (Å²) >= 11 is 1.70. The minimum Gasteiger partial charge on any atom is -0.444 e. The minimum absolute atomic E-state index is 0.108. The Hall–Kier alpha value is -1.07. The van der Waals surface area contributed by atoms with Crippen LogP contribution < -0.4 is 5.73 Å². The number of hydrogen-bond acceptors (Lipinski definition) is 4. The van der Waals surface area contributed by atoms with Crippen molar-refractivity contribution in [2.24, 2.45) is 11.7 Å². The molecule has 0 bridgehead atoms. The van der Waals surface area contributed by atoms with Gasteiger partial charge in [-0.25, -0.2) is 4.79 Å². The summed E-state index contributed by atoms with van der Waals surface area (Å²) in [5.74, 6) is 0.363. The number of carbonyl (C=O) groups is 1. The Morgan fingerprint density at radius 2 is 2.35 bits per heavy atom. The summed E-state index contributed by atoms with van der Waals surface area (Å²) in [6, 6.07) is 2.22. The van der Waals surface area contributed by atoms with Crippen molar-refractivity contribution >= 4 is 17.4 Å². The number of nitrogens with zero attached hydrogens (tertiary/aromatic N) is 1. The van der Waals surface area contributed by atoms with E-state index >= 15 is 0 Å². The Labute approximate surface area is 124 Å². The molecular formula is C15H24N2O2S. The molecule has 112 valence electrons. The summed E-state index contributed by atoms with van der Waals surface area (Å²) in [6.07, 6.45) is 1.63. The van der Waals surface area contributed by atoms with Gasteiger partial charge in [0.05, 0.1) is 0 Å². The van der Waals surface area contributed by atoms with Crippen molar-refractivity contribution in [3.8, 4) is 0 Å². The second-order valence-corrected chi connectivity index (χ2v) is 7.25. The van der Waals surface area contributed by atoms with Crippen LogP contribution in [0.25, 0.3) is 0 Å². The first-order valence-electron chi connectivity index (χ1n) is 7.10. The van der Waals surface area contributed by atoms with Gasteiger partial charge < -0.3 is 15.4 Å². The molecule has 0 radical (unpaired) electrons. The number of amides is 1. The lowest BCUT2D eigenvalue weighted by atomic mass is 9.95. The van der Waals surface area contributed by atoms with Crippen LogP contribution in [-0.4, -0.2) is 35.7 Å². The molecule has 4 nitrogen and oxygen atoms in total. The molecule has 1 aromatic rings. The van der Waals surface area contributed by atoms with Gasteiger partial charge in [0, 0.05) is 19.1 Å². The fourth-order valence-corrected chi connectivity index (χ4v) is 3.16. The lowest BCUT2D eigenvalue weighted by Crippen LogP contribution is -2.38. The van der Waals surface area contributed by atoms with Crippen LogP contribution in [0, 0.1) is 5.92 Å². The van der Waals surface area contributed by atoms with Crippen LogP contribution in [0.3, 0.4) is 0 Å². The molecule has 0 spiro atoms. The summed E-state index contributed by atoms with van der Waals surface area (Å²) in [4.78, 5) is 13.8. The van der Waals surface area contributed by atoms with Crippen LogP contribution in [-0.2, 0) is 11.2 Å². The molecule has 1 fully saturated rings.